The molecule has 94 valence electrons. The first-order valence-corrected chi connectivity index (χ1v) is 6.94. The van der Waals surface area contributed by atoms with E-state index in [0.29, 0.717) is 0 Å². The zero-order valence-corrected chi connectivity index (χ0v) is 10.7. The molecule has 2 aromatic rings. The molecule has 2 aliphatic rings. The number of hydrogen-bond acceptors (Lipinski definition) is 0. The molecule has 0 saturated carbocycles. The highest BCUT2D eigenvalue weighted by Crippen LogP contribution is 2.25. The molecule has 0 bridgehead atoms. The summed E-state index contributed by atoms with van der Waals surface area (Å²) in [5.41, 5.74) is 4.93. The van der Waals surface area contributed by atoms with Crippen molar-refractivity contribution in [2.75, 3.05) is 0 Å². The fourth-order valence-electron chi connectivity index (χ4n) is 3.32. The smallest absolute Gasteiger partial charge is 0.123 e. The molecule has 19 heavy (non-hydrogen) atoms. The molecule has 0 fully saturated rings. The second kappa shape index (κ2) is 4.06. The van der Waals surface area contributed by atoms with E-state index in [4.69, 9.17) is 0 Å². The lowest BCUT2D eigenvalue weighted by atomic mass is 9.87. The third kappa shape index (κ3) is 1.65. The molecule has 0 atom stereocenters. The number of halogens is 1. The van der Waals surface area contributed by atoms with Crippen molar-refractivity contribution >= 4 is 12.2 Å². The van der Waals surface area contributed by atoms with E-state index < -0.39 is 0 Å². The molecule has 2 aromatic carbocycles. The van der Waals surface area contributed by atoms with Crippen molar-refractivity contribution in [2.24, 2.45) is 0 Å². The quantitative estimate of drug-likeness (QED) is 0.674. The molecular formula is C18H15F. The minimum atomic E-state index is -0.145. The van der Waals surface area contributed by atoms with Gasteiger partial charge in [0.15, 0.2) is 0 Å². The zero-order valence-electron chi connectivity index (χ0n) is 10.7. The molecule has 0 aliphatic heterocycles. The molecule has 0 radical (unpaired) electrons. The first-order chi connectivity index (χ1) is 9.33. The van der Waals surface area contributed by atoms with Crippen LogP contribution in [0, 0.1) is 5.82 Å². The summed E-state index contributed by atoms with van der Waals surface area (Å²) in [7, 11) is 0. The van der Waals surface area contributed by atoms with Gasteiger partial charge >= 0.3 is 0 Å². The molecule has 1 heteroatoms. The maximum absolute atomic E-state index is 13.5. The molecule has 0 heterocycles. The van der Waals surface area contributed by atoms with Crippen molar-refractivity contribution in [3.63, 3.8) is 0 Å². The van der Waals surface area contributed by atoms with Crippen molar-refractivity contribution < 1.29 is 4.39 Å². The first-order valence-electron chi connectivity index (χ1n) is 6.94. The Hall–Kier alpha value is -1.89. The van der Waals surface area contributed by atoms with Crippen molar-refractivity contribution in [1.82, 2.24) is 0 Å². The molecule has 0 aromatic heterocycles. The molecular weight excluding hydrogens is 235 g/mol. The molecule has 0 nitrogen and oxygen atoms in total. The number of aryl methyl sites for hydroxylation is 1. The van der Waals surface area contributed by atoms with Gasteiger partial charge in [0, 0.05) is 0 Å². The third-order valence-corrected chi connectivity index (χ3v) is 4.26. The van der Waals surface area contributed by atoms with Crippen LogP contribution in [-0.4, -0.2) is 0 Å². The zero-order chi connectivity index (χ0) is 12.8. The Kier molecular flexibility index (Phi) is 2.34. The average molecular weight is 250 g/mol. The van der Waals surface area contributed by atoms with E-state index in [9.17, 15) is 4.39 Å². The summed E-state index contributed by atoms with van der Waals surface area (Å²) in [5.74, 6) is -0.145. The fraction of sp³-hybridized carbons (Fsp3) is 0.222. The fourth-order valence-corrected chi connectivity index (χ4v) is 3.32. The summed E-state index contributed by atoms with van der Waals surface area (Å²) in [6, 6.07) is 9.53. The van der Waals surface area contributed by atoms with Crippen LogP contribution in [0.4, 0.5) is 4.39 Å². The average Bonchev–Trinajstić information content (AvgIpc) is 2.46. The maximum atomic E-state index is 13.5. The van der Waals surface area contributed by atoms with Crippen LogP contribution in [0.25, 0.3) is 23.3 Å². The lowest BCUT2D eigenvalue weighted by Gasteiger charge is -2.18. The Labute approximate surface area is 111 Å². The summed E-state index contributed by atoms with van der Waals surface area (Å²) in [6.07, 6.45) is 9.13. The highest BCUT2D eigenvalue weighted by atomic mass is 19.1. The van der Waals surface area contributed by atoms with E-state index in [-0.39, 0.29) is 5.82 Å². The molecule has 0 amide bonds. The van der Waals surface area contributed by atoms with Gasteiger partial charge in [-0.15, -0.1) is 0 Å². The van der Waals surface area contributed by atoms with Gasteiger partial charge in [0.1, 0.15) is 5.82 Å². The monoisotopic (exact) mass is 250 g/mol. The van der Waals surface area contributed by atoms with Crippen molar-refractivity contribution in [2.45, 2.75) is 25.7 Å². The first kappa shape index (κ1) is 11.0. The Bertz CT molecular complexity index is 784. The Balaban J connectivity index is 2.07. The van der Waals surface area contributed by atoms with Gasteiger partial charge in [-0.1, -0.05) is 30.4 Å². The van der Waals surface area contributed by atoms with Crippen molar-refractivity contribution in [1.29, 1.82) is 0 Å². The van der Waals surface area contributed by atoms with Gasteiger partial charge < -0.3 is 0 Å². The standard InChI is InChI=1S/C18H15F/c19-14-8-5-13-7-9-16-15-4-2-1-3-12(15)6-10-17(16)18(13)11-14/h4-6,8-11H,1-3,7H2. The van der Waals surface area contributed by atoms with Gasteiger partial charge in [0.05, 0.1) is 0 Å². The molecule has 4 rings (SSSR count). The SMILES string of the molecule is Fc1ccc2c(c1)-c1ccc3c(c1=CC2)=CCCC3. The Morgan fingerprint density at radius 3 is 2.68 bits per heavy atom. The summed E-state index contributed by atoms with van der Waals surface area (Å²) in [5, 5.41) is 2.70. The predicted molar refractivity (Wildman–Crippen MR) is 76.7 cm³/mol. The second-order valence-corrected chi connectivity index (χ2v) is 5.41. The van der Waals surface area contributed by atoms with Crippen LogP contribution < -0.4 is 10.4 Å². The van der Waals surface area contributed by atoms with Crippen LogP contribution in [0.2, 0.25) is 0 Å². The topological polar surface area (TPSA) is 0 Å². The van der Waals surface area contributed by atoms with Crippen LogP contribution in [0.15, 0.2) is 30.3 Å². The maximum Gasteiger partial charge on any atom is 0.123 e. The minimum Gasteiger partial charge on any atom is -0.207 e. The number of rotatable bonds is 0. The van der Waals surface area contributed by atoms with E-state index >= 15 is 0 Å². The Morgan fingerprint density at radius 2 is 1.74 bits per heavy atom. The highest BCUT2D eigenvalue weighted by Gasteiger charge is 2.14. The van der Waals surface area contributed by atoms with Crippen LogP contribution in [0.3, 0.4) is 0 Å². The van der Waals surface area contributed by atoms with Crippen LogP contribution in [0.5, 0.6) is 0 Å². The third-order valence-electron chi connectivity index (χ3n) is 4.26. The lowest BCUT2D eigenvalue weighted by Crippen LogP contribution is -2.33. The van der Waals surface area contributed by atoms with E-state index in [0.717, 1.165) is 18.4 Å². The molecule has 2 aliphatic carbocycles. The van der Waals surface area contributed by atoms with Crippen molar-refractivity contribution in [3.8, 4) is 11.1 Å². The molecule has 0 unspecified atom stereocenters. The van der Waals surface area contributed by atoms with Gasteiger partial charge in [-0.05, 0) is 70.5 Å². The van der Waals surface area contributed by atoms with Gasteiger partial charge in [-0.3, -0.25) is 0 Å². The summed E-state index contributed by atoms with van der Waals surface area (Å²) in [4.78, 5) is 0. The summed E-state index contributed by atoms with van der Waals surface area (Å²) >= 11 is 0. The van der Waals surface area contributed by atoms with Gasteiger partial charge in [0.2, 0.25) is 0 Å². The van der Waals surface area contributed by atoms with Crippen LogP contribution in [-0.2, 0) is 12.8 Å². The second-order valence-electron chi connectivity index (χ2n) is 5.41. The minimum absolute atomic E-state index is 0.145. The number of benzene rings is 2. The van der Waals surface area contributed by atoms with E-state index in [1.165, 1.54) is 40.0 Å². The normalized spacial score (nSPS) is 15.6. The predicted octanol–water partition coefficient (Wildman–Crippen LogP) is 2.95. The molecule has 0 spiro atoms. The van der Waals surface area contributed by atoms with E-state index in [1.807, 2.05) is 6.07 Å². The summed E-state index contributed by atoms with van der Waals surface area (Å²) < 4.78 is 13.5. The van der Waals surface area contributed by atoms with Crippen molar-refractivity contribution in [3.05, 3.63) is 57.7 Å². The molecule has 0 saturated heterocycles. The Morgan fingerprint density at radius 1 is 0.842 bits per heavy atom. The van der Waals surface area contributed by atoms with E-state index in [2.05, 4.69) is 24.3 Å². The number of fused-ring (bicyclic) bond motifs is 5. The van der Waals surface area contributed by atoms with Gasteiger partial charge in [-0.2, -0.15) is 0 Å². The molecule has 0 N–H and O–H groups in total. The van der Waals surface area contributed by atoms with Gasteiger partial charge in [-0.25, -0.2) is 4.39 Å². The largest absolute Gasteiger partial charge is 0.207 e. The van der Waals surface area contributed by atoms with Crippen LogP contribution >= 0.6 is 0 Å². The van der Waals surface area contributed by atoms with E-state index in [1.54, 1.807) is 12.1 Å². The van der Waals surface area contributed by atoms with Gasteiger partial charge in [0.25, 0.3) is 0 Å². The summed E-state index contributed by atoms with van der Waals surface area (Å²) in [6.45, 7) is 0. The van der Waals surface area contributed by atoms with Crippen LogP contribution in [0.1, 0.15) is 24.0 Å². The lowest BCUT2D eigenvalue weighted by molar-refractivity contribution is 0.627. The highest BCUT2D eigenvalue weighted by molar-refractivity contribution is 5.74. The number of hydrogen-bond donors (Lipinski definition) is 0.